The van der Waals surface area contributed by atoms with Gasteiger partial charge in [-0.3, -0.25) is 0 Å². The molecule has 5 heteroatoms. The second-order valence-electron chi connectivity index (χ2n) is 3.42. The largest absolute Gasteiger partial charge is 0.367 e. The molecule has 1 heterocycles. The Morgan fingerprint density at radius 3 is 3.07 bits per heavy atom. The Morgan fingerprint density at radius 1 is 1.50 bits per heavy atom. The Hall–Kier alpha value is -1.10. The molecule has 0 aromatic carbocycles. The average Bonchev–Trinajstić information content (AvgIpc) is 2.63. The lowest BCUT2D eigenvalue weighted by molar-refractivity contribution is 0.695. The normalized spacial score (nSPS) is 16.4. The molecule has 1 aromatic rings. The number of aromatic nitrogens is 2. The third-order valence-corrected chi connectivity index (χ3v) is 2.98. The molecule has 0 bridgehead atoms. The van der Waals surface area contributed by atoms with Gasteiger partial charge in [-0.25, -0.2) is 0 Å². The van der Waals surface area contributed by atoms with Crippen LogP contribution in [0.5, 0.6) is 0 Å². The van der Waals surface area contributed by atoms with E-state index >= 15 is 0 Å². The van der Waals surface area contributed by atoms with Crippen molar-refractivity contribution in [2.45, 2.75) is 25.7 Å². The summed E-state index contributed by atoms with van der Waals surface area (Å²) in [6.07, 6.45) is 7.39. The van der Waals surface area contributed by atoms with Crippen LogP contribution in [0.1, 0.15) is 25.7 Å². The molecule has 14 heavy (non-hydrogen) atoms. The lowest BCUT2D eigenvalue weighted by Crippen LogP contribution is -2.06. The van der Waals surface area contributed by atoms with E-state index in [1.165, 1.54) is 42.8 Å². The average molecular weight is 210 g/mol. The molecule has 1 aromatic heterocycles. The first-order chi connectivity index (χ1) is 6.84. The van der Waals surface area contributed by atoms with Crippen molar-refractivity contribution in [3.8, 4) is 0 Å². The molecule has 0 saturated carbocycles. The van der Waals surface area contributed by atoms with Gasteiger partial charge in [0.1, 0.15) is 0 Å². The molecule has 0 fully saturated rings. The minimum atomic E-state index is 0.357. The standard InChI is InChI=1S/C9H14N4S/c10-8-12-9(14-13-8)11-6-7-4-2-1-3-5-7/h4H,1-3,5-6H2,(H3,10,11,12,13). The molecule has 1 aliphatic carbocycles. The second-order valence-corrected chi connectivity index (χ2v) is 4.17. The molecule has 2 rings (SSSR count). The number of anilines is 2. The number of nitrogens with one attached hydrogen (secondary N) is 1. The minimum Gasteiger partial charge on any atom is -0.367 e. The van der Waals surface area contributed by atoms with Crippen LogP contribution in [0.3, 0.4) is 0 Å². The van der Waals surface area contributed by atoms with Gasteiger partial charge >= 0.3 is 0 Å². The van der Waals surface area contributed by atoms with Gasteiger partial charge in [0.2, 0.25) is 11.1 Å². The Labute approximate surface area is 87.4 Å². The molecular formula is C9H14N4S. The van der Waals surface area contributed by atoms with Crippen molar-refractivity contribution in [1.29, 1.82) is 0 Å². The number of hydrogen-bond donors (Lipinski definition) is 2. The van der Waals surface area contributed by atoms with Crippen LogP contribution in [0, 0.1) is 0 Å². The highest BCUT2D eigenvalue weighted by molar-refractivity contribution is 7.09. The molecule has 4 nitrogen and oxygen atoms in total. The van der Waals surface area contributed by atoms with E-state index in [0.29, 0.717) is 5.95 Å². The number of nitrogens with zero attached hydrogens (tertiary/aromatic N) is 2. The molecule has 76 valence electrons. The van der Waals surface area contributed by atoms with Crippen LogP contribution in [0.4, 0.5) is 11.1 Å². The van der Waals surface area contributed by atoms with Gasteiger partial charge in [0.15, 0.2) is 0 Å². The molecule has 0 atom stereocenters. The predicted molar refractivity (Wildman–Crippen MR) is 59.4 cm³/mol. The monoisotopic (exact) mass is 210 g/mol. The molecule has 3 N–H and O–H groups in total. The SMILES string of the molecule is Nc1nsc(NCC2=CCCCC2)n1. The van der Waals surface area contributed by atoms with Crippen LogP contribution in [0.15, 0.2) is 11.6 Å². The van der Waals surface area contributed by atoms with E-state index in [1.807, 2.05) is 0 Å². The van der Waals surface area contributed by atoms with Gasteiger partial charge in [0.25, 0.3) is 0 Å². The van der Waals surface area contributed by atoms with Crippen molar-refractivity contribution in [1.82, 2.24) is 9.36 Å². The number of rotatable bonds is 3. The van der Waals surface area contributed by atoms with Crippen molar-refractivity contribution in [3.63, 3.8) is 0 Å². The zero-order valence-electron chi connectivity index (χ0n) is 7.99. The van der Waals surface area contributed by atoms with E-state index in [2.05, 4.69) is 20.8 Å². The van der Waals surface area contributed by atoms with Gasteiger partial charge in [-0.2, -0.15) is 9.36 Å². The quantitative estimate of drug-likeness (QED) is 0.749. The lowest BCUT2D eigenvalue weighted by atomic mass is 10.00. The van der Waals surface area contributed by atoms with Gasteiger partial charge in [-0.15, -0.1) is 0 Å². The maximum absolute atomic E-state index is 5.42. The summed E-state index contributed by atoms with van der Waals surface area (Å²) in [5.41, 5.74) is 6.90. The summed E-state index contributed by atoms with van der Waals surface area (Å²) in [4.78, 5) is 4.04. The second kappa shape index (κ2) is 4.41. The van der Waals surface area contributed by atoms with Gasteiger partial charge < -0.3 is 11.1 Å². The molecule has 0 unspecified atom stereocenters. The van der Waals surface area contributed by atoms with Gasteiger partial charge in [-0.1, -0.05) is 11.6 Å². The van der Waals surface area contributed by atoms with Crippen LogP contribution in [-0.4, -0.2) is 15.9 Å². The summed E-state index contributed by atoms with van der Waals surface area (Å²) in [6, 6.07) is 0. The van der Waals surface area contributed by atoms with Gasteiger partial charge in [0, 0.05) is 18.1 Å². The summed E-state index contributed by atoms with van der Waals surface area (Å²) in [5.74, 6) is 0.357. The fraction of sp³-hybridized carbons (Fsp3) is 0.556. The summed E-state index contributed by atoms with van der Waals surface area (Å²) in [5, 5.41) is 4.05. The van der Waals surface area contributed by atoms with Crippen LogP contribution in [0.25, 0.3) is 0 Å². The Morgan fingerprint density at radius 2 is 2.43 bits per heavy atom. The fourth-order valence-electron chi connectivity index (χ4n) is 1.56. The van der Waals surface area contributed by atoms with E-state index in [0.717, 1.165) is 11.7 Å². The van der Waals surface area contributed by atoms with Crippen molar-refractivity contribution < 1.29 is 0 Å². The van der Waals surface area contributed by atoms with Crippen molar-refractivity contribution in [2.24, 2.45) is 0 Å². The molecule has 1 aliphatic rings. The van der Waals surface area contributed by atoms with Crippen molar-refractivity contribution in [3.05, 3.63) is 11.6 Å². The first-order valence-corrected chi connectivity index (χ1v) is 5.63. The molecule has 0 amide bonds. The number of allylic oxidation sites excluding steroid dienone is 1. The molecule has 0 spiro atoms. The van der Waals surface area contributed by atoms with Crippen molar-refractivity contribution in [2.75, 3.05) is 17.6 Å². The first kappa shape index (κ1) is 9.45. The van der Waals surface area contributed by atoms with Crippen LogP contribution >= 0.6 is 11.5 Å². The van der Waals surface area contributed by atoms with Gasteiger partial charge in [0.05, 0.1) is 0 Å². The van der Waals surface area contributed by atoms with Crippen molar-refractivity contribution >= 4 is 22.6 Å². The highest BCUT2D eigenvalue weighted by atomic mass is 32.1. The highest BCUT2D eigenvalue weighted by Crippen LogP contribution is 2.18. The predicted octanol–water partition coefficient (Wildman–Crippen LogP) is 2.03. The number of hydrogen-bond acceptors (Lipinski definition) is 5. The topological polar surface area (TPSA) is 63.8 Å². The highest BCUT2D eigenvalue weighted by Gasteiger charge is 2.04. The summed E-state index contributed by atoms with van der Waals surface area (Å²) in [7, 11) is 0. The van der Waals surface area contributed by atoms with Crippen LogP contribution in [-0.2, 0) is 0 Å². The van der Waals surface area contributed by atoms with Crippen LogP contribution in [0.2, 0.25) is 0 Å². The lowest BCUT2D eigenvalue weighted by Gasteiger charge is -2.12. The first-order valence-electron chi connectivity index (χ1n) is 4.85. The maximum Gasteiger partial charge on any atom is 0.233 e. The van der Waals surface area contributed by atoms with E-state index < -0.39 is 0 Å². The smallest absolute Gasteiger partial charge is 0.233 e. The molecule has 0 saturated heterocycles. The Kier molecular flexibility index (Phi) is 2.98. The Bertz CT molecular complexity index is 331. The zero-order chi connectivity index (χ0) is 9.80. The molecular weight excluding hydrogens is 196 g/mol. The summed E-state index contributed by atoms with van der Waals surface area (Å²) in [6.45, 7) is 0.884. The maximum atomic E-state index is 5.42. The third kappa shape index (κ3) is 2.45. The summed E-state index contributed by atoms with van der Waals surface area (Å²) >= 11 is 1.31. The fourth-order valence-corrected chi connectivity index (χ4v) is 2.05. The summed E-state index contributed by atoms with van der Waals surface area (Å²) < 4.78 is 3.91. The van der Waals surface area contributed by atoms with Gasteiger partial charge in [-0.05, 0) is 25.7 Å². The van der Waals surface area contributed by atoms with E-state index in [1.54, 1.807) is 0 Å². The van der Waals surface area contributed by atoms with E-state index in [-0.39, 0.29) is 0 Å². The minimum absolute atomic E-state index is 0.357. The van der Waals surface area contributed by atoms with E-state index in [4.69, 9.17) is 5.73 Å². The Balaban J connectivity index is 1.84. The zero-order valence-corrected chi connectivity index (χ0v) is 8.81. The number of nitrogens with two attached hydrogens (primary N) is 1. The number of nitrogen functional groups attached to an aromatic ring is 1. The molecule has 0 radical (unpaired) electrons. The van der Waals surface area contributed by atoms with Crippen LogP contribution < -0.4 is 11.1 Å². The third-order valence-electron chi connectivity index (χ3n) is 2.29. The van der Waals surface area contributed by atoms with E-state index in [9.17, 15) is 0 Å². The molecule has 0 aliphatic heterocycles.